The number of rotatable bonds is 7. The molecule has 0 radical (unpaired) electrons. The highest BCUT2D eigenvalue weighted by atomic mass is 19.4. The third-order valence-electron chi connectivity index (χ3n) is 14.0. The molecule has 1 aromatic carbocycles. The fraction of sp³-hybridized carbons (Fsp3) is 0.683. The van der Waals surface area contributed by atoms with Gasteiger partial charge < -0.3 is 25.0 Å². The molecular weight excluding hydrogens is 671 g/mol. The molecule has 2 saturated carbocycles. The molecule has 6 aliphatic rings. The predicted molar refractivity (Wildman–Crippen MR) is 190 cm³/mol. The number of nitrogens with one attached hydrogen (secondary N) is 2. The van der Waals surface area contributed by atoms with Crippen LogP contribution in [0.2, 0.25) is 0 Å². The Labute approximate surface area is 305 Å². The number of hydrogen-bond acceptors (Lipinski definition) is 5. The van der Waals surface area contributed by atoms with Crippen molar-refractivity contribution in [1.82, 2.24) is 15.5 Å². The molecular formula is C41H54F3N3O5. The van der Waals surface area contributed by atoms with E-state index in [0.29, 0.717) is 56.5 Å². The smallest absolute Gasteiger partial charge is 0.446 e. The maximum Gasteiger partial charge on any atom is 0.471 e. The van der Waals surface area contributed by atoms with Gasteiger partial charge in [0.15, 0.2) is 0 Å². The molecule has 3 amide bonds. The van der Waals surface area contributed by atoms with Gasteiger partial charge in [-0.15, -0.1) is 0 Å². The molecule has 0 bridgehead atoms. The number of amides is 3. The lowest BCUT2D eigenvalue weighted by molar-refractivity contribution is -0.192. The molecule has 1 aromatic rings. The van der Waals surface area contributed by atoms with Crippen LogP contribution in [0, 0.1) is 35.0 Å². The predicted octanol–water partition coefficient (Wildman–Crippen LogP) is 7.29. The molecule has 1 unspecified atom stereocenters. The Morgan fingerprint density at radius 2 is 1.79 bits per heavy atom. The topological polar surface area (TPSA) is 97.0 Å². The first-order valence-electron chi connectivity index (χ1n) is 19.4. The van der Waals surface area contributed by atoms with E-state index in [-0.39, 0.29) is 35.8 Å². The molecule has 284 valence electrons. The second-order valence-electron chi connectivity index (χ2n) is 16.8. The van der Waals surface area contributed by atoms with E-state index in [1.165, 1.54) is 16.7 Å². The fourth-order valence-corrected chi connectivity index (χ4v) is 11.4. The van der Waals surface area contributed by atoms with E-state index in [1.807, 2.05) is 44.2 Å². The van der Waals surface area contributed by atoms with E-state index in [2.05, 4.69) is 30.6 Å². The minimum atomic E-state index is -4.90. The van der Waals surface area contributed by atoms with Crippen molar-refractivity contribution in [2.75, 3.05) is 19.6 Å². The highest BCUT2D eigenvalue weighted by Gasteiger charge is 2.63. The van der Waals surface area contributed by atoms with E-state index in [9.17, 15) is 27.6 Å². The maximum atomic E-state index is 13.7. The average molecular weight is 726 g/mol. The number of alkyl carbamates (subject to hydrolysis) is 1. The van der Waals surface area contributed by atoms with Crippen LogP contribution in [0.5, 0.6) is 0 Å². The fourth-order valence-electron chi connectivity index (χ4n) is 11.4. The van der Waals surface area contributed by atoms with Crippen molar-refractivity contribution >= 4 is 17.9 Å². The summed E-state index contributed by atoms with van der Waals surface area (Å²) in [5, 5.41) is 5.65. The van der Waals surface area contributed by atoms with Crippen LogP contribution in [-0.2, 0) is 25.5 Å². The summed E-state index contributed by atoms with van der Waals surface area (Å²) in [4.78, 5) is 38.6. The number of hydrogen-bond donors (Lipinski definition) is 2. The number of piperidine rings is 1. The van der Waals surface area contributed by atoms with E-state index < -0.39 is 35.9 Å². The van der Waals surface area contributed by atoms with Crippen LogP contribution < -0.4 is 10.6 Å². The lowest BCUT2D eigenvalue weighted by Crippen LogP contribution is -2.57. The van der Waals surface area contributed by atoms with Gasteiger partial charge in [0, 0.05) is 38.4 Å². The van der Waals surface area contributed by atoms with Crippen molar-refractivity contribution in [3.63, 3.8) is 0 Å². The van der Waals surface area contributed by atoms with Crippen molar-refractivity contribution in [3.05, 3.63) is 58.7 Å². The molecule has 7 rings (SSSR count). The Balaban J connectivity index is 0.951. The van der Waals surface area contributed by atoms with Crippen molar-refractivity contribution in [3.8, 4) is 0 Å². The first-order chi connectivity index (χ1) is 24.7. The van der Waals surface area contributed by atoms with Crippen molar-refractivity contribution < 1.29 is 37.0 Å². The number of aryl methyl sites for hydroxylation is 1. The number of carbonyl (C=O) groups is 3. The van der Waals surface area contributed by atoms with Crippen LogP contribution in [0.3, 0.4) is 0 Å². The minimum absolute atomic E-state index is 0.0113. The normalized spacial score (nSPS) is 36.7. The van der Waals surface area contributed by atoms with Gasteiger partial charge in [0.2, 0.25) is 5.91 Å². The highest BCUT2D eigenvalue weighted by molar-refractivity contribution is 5.82. The van der Waals surface area contributed by atoms with Gasteiger partial charge in [-0.1, -0.05) is 68.3 Å². The summed E-state index contributed by atoms with van der Waals surface area (Å²) in [5.74, 6) is -0.716. The van der Waals surface area contributed by atoms with Gasteiger partial charge in [0.25, 0.3) is 0 Å². The van der Waals surface area contributed by atoms with E-state index >= 15 is 0 Å². The van der Waals surface area contributed by atoms with Gasteiger partial charge in [0.05, 0.1) is 17.7 Å². The van der Waals surface area contributed by atoms with Crippen LogP contribution in [0.15, 0.2) is 53.1 Å². The van der Waals surface area contributed by atoms with Crippen LogP contribution in [0.1, 0.15) is 91.0 Å². The lowest BCUT2D eigenvalue weighted by Gasteiger charge is -2.49. The number of likely N-dealkylation sites (tertiary alicyclic amines) is 1. The zero-order chi connectivity index (χ0) is 37.0. The summed E-state index contributed by atoms with van der Waals surface area (Å²) < 4.78 is 53.9. The van der Waals surface area contributed by atoms with E-state index in [4.69, 9.17) is 9.47 Å². The maximum absolute atomic E-state index is 13.7. The second-order valence-corrected chi connectivity index (χ2v) is 16.8. The monoisotopic (exact) mass is 725 g/mol. The summed E-state index contributed by atoms with van der Waals surface area (Å²) in [7, 11) is 0. The first-order valence-corrected chi connectivity index (χ1v) is 19.4. The largest absolute Gasteiger partial charge is 0.471 e. The van der Waals surface area contributed by atoms with Gasteiger partial charge in [-0.2, -0.15) is 13.2 Å². The number of ether oxygens (including phenoxy) is 2. The Kier molecular flexibility index (Phi) is 10.1. The number of allylic oxidation sites excluding steroid dienone is 2. The molecule has 8 nitrogen and oxygen atoms in total. The Morgan fingerprint density at radius 3 is 2.54 bits per heavy atom. The summed E-state index contributed by atoms with van der Waals surface area (Å²) in [6.45, 7) is 9.19. The van der Waals surface area contributed by atoms with E-state index in [1.54, 1.807) is 0 Å². The van der Waals surface area contributed by atoms with Crippen LogP contribution >= 0.6 is 0 Å². The number of alkyl halides is 3. The molecule has 1 spiro atoms. The molecule has 11 heteroatoms. The molecule has 0 aromatic heterocycles. The quantitative estimate of drug-likeness (QED) is 0.228. The number of nitrogens with zero attached hydrogens (tertiary/aromatic N) is 1. The lowest BCUT2D eigenvalue weighted by atomic mass is 9.56. The Bertz CT molecular complexity index is 1610. The zero-order valence-electron chi connectivity index (χ0n) is 30.9. The molecule has 2 heterocycles. The average Bonchev–Trinajstić information content (AvgIpc) is 3.63. The number of halogens is 3. The summed E-state index contributed by atoms with van der Waals surface area (Å²) in [6, 6.07) is 9.28. The Morgan fingerprint density at radius 1 is 1.04 bits per heavy atom. The number of benzene rings is 1. The number of carbonyl (C=O) groups excluding carboxylic acids is 3. The van der Waals surface area contributed by atoms with Gasteiger partial charge in [0.1, 0.15) is 6.10 Å². The molecule has 52 heavy (non-hydrogen) atoms. The van der Waals surface area contributed by atoms with Crippen LogP contribution in [0.4, 0.5) is 18.0 Å². The third-order valence-corrected chi connectivity index (χ3v) is 14.0. The van der Waals surface area contributed by atoms with Crippen molar-refractivity contribution in [2.24, 2.45) is 35.0 Å². The summed E-state index contributed by atoms with van der Waals surface area (Å²) in [5.41, 5.74) is 4.43. The van der Waals surface area contributed by atoms with Crippen molar-refractivity contribution in [1.29, 1.82) is 0 Å². The first kappa shape index (κ1) is 37.0. The number of fused-ring (bicyclic) bond motifs is 6. The minimum Gasteiger partial charge on any atom is -0.446 e. The SMILES string of the molecule is CC1=C2C[C@H]3[C@@H](CC=C4C[C@@H](OC(=O)NCCNC(=O)CCc5ccccc5)CC[C@@]43C)[C@@H]2CCC12O[C@@H]1C[C@H](C)CN(C(=O)C(F)(F)F)[C@H]1[C@H]2C. The standard InChI is InChI=1S/C41H54F3N3O5/c1-24-20-34-36(47(23-24)37(49)41(42,43)44)26(3)40(52-34)17-15-30-31-12-11-28-21-29(14-16-39(28,4)33(31)22-32(30)25(40)2)51-38(50)46-19-18-45-35(48)13-10-27-8-6-5-7-9-27/h5-9,11,24,26,29-31,33-34,36H,10,12-23H2,1-4H3,(H,45,48)(H,46,50)/t24-,26+,29-,30-,31-,33-,34+,36-,39-,40?/m0/s1. The molecule has 4 fully saturated rings. The molecule has 10 atom stereocenters. The molecule has 2 saturated heterocycles. The van der Waals surface area contributed by atoms with Gasteiger partial charge in [-0.25, -0.2) is 4.79 Å². The summed E-state index contributed by atoms with van der Waals surface area (Å²) >= 11 is 0. The van der Waals surface area contributed by atoms with E-state index in [0.717, 1.165) is 49.0 Å². The Hall–Kier alpha value is -3.34. The second kappa shape index (κ2) is 14.1. The van der Waals surface area contributed by atoms with Gasteiger partial charge in [-0.3, -0.25) is 9.59 Å². The van der Waals surface area contributed by atoms with Crippen molar-refractivity contribution in [2.45, 2.75) is 122 Å². The van der Waals surface area contributed by atoms with Crippen LogP contribution in [0.25, 0.3) is 0 Å². The molecule has 4 aliphatic carbocycles. The van der Waals surface area contributed by atoms with Gasteiger partial charge in [-0.05, 0) is 98.5 Å². The summed E-state index contributed by atoms with van der Waals surface area (Å²) in [6.07, 6.45) is 4.19. The molecule has 2 aliphatic heterocycles. The highest BCUT2D eigenvalue weighted by Crippen LogP contribution is 2.65. The van der Waals surface area contributed by atoms with Crippen LogP contribution in [-0.4, -0.2) is 72.5 Å². The van der Waals surface area contributed by atoms with Gasteiger partial charge >= 0.3 is 18.2 Å². The zero-order valence-corrected chi connectivity index (χ0v) is 30.9. The third kappa shape index (κ3) is 6.68. The molecule has 2 N–H and O–H groups in total.